The predicted molar refractivity (Wildman–Crippen MR) is 79.3 cm³/mol. The van der Waals surface area contributed by atoms with E-state index in [1.54, 1.807) is 24.3 Å². The van der Waals surface area contributed by atoms with Gasteiger partial charge in [-0.2, -0.15) is 0 Å². The first-order chi connectivity index (χ1) is 9.69. The van der Waals surface area contributed by atoms with Crippen molar-refractivity contribution >= 4 is 23.2 Å². The summed E-state index contributed by atoms with van der Waals surface area (Å²) >= 11 is 0. The number of amides is 2. The van der Waals surface area contributed by atoms with Crippen molar-refractivity contribution in [1.82, 2.24) is 0 Å². The molecule has 0 saturated heterocycles. The van der Waals surface area contributed by atoms with Gasteiger partial charge in [-0.15, -0.1) is 0 Å². The molecule has 0 bridgehead atoms. The fourth-order valence-corrected chi connectivity index (χ4v) is 1.88. The zero-order chi connectivity index (χ0) is 14.4. The number of unbranched alkanes of at least 4 members (excludes halogenated alkanes) is 1. The van der Waals surface area contributed by atoms with Gasteiger partial charge in [0.15, 0.2) is 0 Å². The van der Waals surface area contributed by atoms with E-state index in [2.05, 4.69) is 10.6 Å². The lowest BCUT2D eigenvalue weighted by atomic mass is 10.2. The summed E-state index contributed by atoms with van der Waals surface area (Å²) < 4.78 is 0. The summed E-state index contributed by atoms with van der Waals surface area (Å²) in [6, 6.07) is 7.19. The van der Waals surface area contributed by atoms with Crippen molar-refractivity contribution in [1.29, 1.82) is 0 Å². The first-order valence-electron chi connectivity index (χ1n) is 7.10. The van der Waals surface area contributed by atoms with Crippen molar-refractivity contribution < 1.29 is 9.59 Å². The highest BCUT2D eigenvalue weighted by Crippen LogP contribution is 2.30. The van der Waals surface area contributed by atoms with Gasteiger partial charge in [-0.3, -0.25) is 9.59 Å². The minimum absolute atomic E-state index is 0.00628. The van der Waals surface area contributed by atoms with E-state index in [9.17, 15) is 9.59 Å². The smallest absolute Gasteiger partial charge is 0.227 e. The number of nitrogens with two attached hydrogens (primary N) is 1. The number of hydrogen-bond donors (Lipinski definition) is 3. The number of hydrogen-bond acceptors (Lipinski definition) is 3. The first kappa shape index (κ1) is 14.5. The van der Waals surface area contributed by atoms with Gasteiger partial charge >= 0.3 is 0 Å². The maximum atomic E-state index is 11.6. The number of anilines is 2. The molecule has 5 heteroatoms. The standard InChI is InChI=1S/C15H21N3O2/c16-10-2-1-3-14(19)17-12-6-8-13(9-7-12)18-15(20)11-4-5-11/h6-9,11H,1-5,10,16H2,(H,17,19)(H,18,20). The largest absolute Gasteiger partial charge is 0.330 e. The van der Waals surface area contributed by atoms with E-state index < -0.39 is 0 Å². The lowest BCUT2D eigenvalue weighted by Gasteiger charge is -2.07. The van der Waals surface area contributed by atoms with Crippen LogP contribution in [0.15, 0.2) is 24.3 Å². The highest BCUT2D eigenvalue weighted by Gasteiger charge is 2.29. The predicted octanol–water partition coefficient (Wildman–Crippen LogP) is 2.10. The van der Waals surface area contributed by atoms with Gasteiger partial charge in [0.05, 0.1) is 0 Å². The summed E-state index contributed by atoms with van der Waals surface area (Å²) in [7, 11) is 0. The van der Waals surface area contributed by atoms with Crippen molar-refractivity contribution in [3.63, 3.8) is 0 Å². The minimum Gasteiger partial charge on any atom is -0.330 e. The molecule has 0 heterocycles. The molecule has 0 spiro atoms. The second kappa shape index (κ2) is 7.05. The maximum absolute atomic E-state index is 11.6. The van der Waals surface area contributed by atoms with Crippen LogP contribution in [0.1, 0.15) is 32.1 Å². The Hall–Kier alpha value is -1.88. The molecule has 0 unspecified atom stereocenters. The fraction of sp³-hybridized carbons (Fsp3) is 0.467. The van der Waals surface area contributed by atoms with Crippen molar-refractivity contribution in [2.24, 2.45) is 11.7 Å². The molecule has 4 N–H and O–H groups in total. The van der Waals surface area contributed by atoms with E-state index in [0.717, 1.165) is 37.1 Å². The van der Waals surface area contributed by atoms with E-state index in [4.69, 9.17) is 5.73 Å². The minimum atomic E-state index is -0.00628. The van der Waals surface area contributed by atoms with E-state index in [1.807, 2.05) is 0 Å². The Balaban J connectivity index is 1.78. The number of benzene rings is 1. The van der Waals surface area contributed by atoms with Crippen molar-refractivity contribution in [3.05, 3.63) is 24.3 Å². The summed E-state index contributed by atoms with van der Waals surface area (Å²) in [5.74, 6) is 0.272. The van der Waals surface area contributed by atoms with E-state index in [0.29, 0.717) is 13.0 Å². The van der Waals surface area contributed by atoms with Crippen molar-refractivity contribution in [2.45, 2.75) is 32.1 Å². The SMILES string of the molecule is NCCCCC(=O)Nc1ccc(NC(=O)C2CC2)cc1. The molecular formula is C15H21N3O2. The van der Waals surface area contributed by atoms with Crippen LogP contribution < -0.4 is 16.4 Å². The van der Waals surface area contributed by atoms with Crippen LogP contribution in [0.25, 0.3) is 0 Å². The normalized spacial score (nSPS) is 13.8. The number of rotatable bonds is 7. The summed E-state index contributed by atoms with van der Waals surface area (Å²) in [5, 5.41) is 5.68. The van der Waals surface area contributed by atoms with Crippen LogP contribution in [0.2, 0.25) is 0 Å². The molecule has 1 saturated carbocycles. The van der Waals surface area contributed by atoms with Crippen LogP contribution in [0.4, 0.5) is 11.4 Å². The molecule has 108 valence electrons. The molecule has 1 fully saturated rings. The lowest BCUT2D eigenvalue weighted by molar-refractivity contribution is -0.117. The first-order valence-corrected chi connectivity index (χ1v) is 7.10. The Morgan fingerprint density at radius 3 is 2.20 bits per heavy atom. The summed E-state index contributed by atoms with van der Waals surface area (Å²) in [4.78, 5) is 23.2. The monoisotopic (exact) mass is 275 g/mol. The molecule has 1 aromatic carbocycles. The van der Waals surface area contributed by atoms with Gasteiger partial charge in [-0.05, 0) is 56.5 Å². The van der Waals surface area contributed by atoms with Gasteiger partial charge in [0.2, 0.25) is 11.8 Å². The molecule has 0 atom stereocenters. The maximum Gasteiger partial charge on any atom is 0.227 e. The second-order valence-electron chi connectivity index (χ2n) is 5.13. The number of nitrogens with one attached hydrogen (secondary N) is 2. The second-order valence-corrected chi connectivity index (χ2v) is 5.13. The Bertz CT molecular complexity index is 467. The Labute approximate surface area is 118 Å². The van der Waals surface area contributed by atoms with Crippen LogP contribution in [0.5, 0.6) is 0 Å². The highest BCUT2D eigenvalue weighted by atomic mass is 16.2. The highest BCUT2D eigenvalue weighted by molar-refractivity contribution is 5.95. The molecule has 1 aliphatic rings. The molecule has 0 aliphatic heterocycles. The molecule has 1 aromatic rings. The van der Waals surface area contributed by atoms with Crippen LogP contribution >= 0.6 is 0 Å². The number of carbonyl (C=O) groups excluding carboxylic acids is 2. The van der Waals surface area contributed by atoms with Gasteiger partial charge < -0.3 is 16.4 Å². The average molecular weight is 275 g/mol. The van der Waals surface area contributed by atoms with Gasteiger partial charge in [-0.1, -0.05) is 0 Å². The van der Waals surface area contributed by atoms with Gasteiger partial charge in [-0.25, -0.2) is 0 Å². The van der Waals surface area contributed by atoms with Gasteiger partial charge in [0.25, 0.3) is 0 Å². The van der Waals surface area contributed by atoms with Gasteiger partial charge in [0, 0.05) is 23.7 Å². The summed E-state index contributed by atoms with van der Waals surface area (Å²) in [5.41, 5.74) is 6.89. The topological polar surface area (TPSA) is 84.2 Å². The van der Waals surface area contributed by atoms with E-state index in [-0.39, 0.29) is 17.7 Å². The molecule has 0 aromatic heterocycles. The Kier molecular flexibility index (Phi) is 5.12. The van der Waals surface area contributed by atoms with Gasteiger partial charge in [0.1, 0.15) is 0 Å². The molecule has 1 aliphatic carbocycles. The quantitative estimate of drug-likeness (QED) is 0.666. The van der Waals surface area contributed by atoms with Crippen LogP contribution in [-0.4, -0.2) is 18.4 Å². The lowest BCUT2D eigenvalue weighted by Crippen LogP contribution is -2.14. The van der Waals surface area contributed by atoms with Crippen LogP contribution in [-0.2, 0) is 9.59 Å². The fourth-order valence-electron chi connectivity index (χ4n) is 1.88. The molecular weight excluding hydrogens is 254 g/mol. The zero-order valence-corrected chi connectivity index (χ0v) is 11.5. The van der Waals surface area contributed by atoms with Crippen molar-refractivity contribution in [2.75, 3.05) is 17.2 Å². The molecule has 5 nitrogen and oxygen atoms in total. The third-order valence-corrected chi connectivity index (χ3v) is 3.24. The van der Waals surface area contributed by atoms with Crippen LogP contribution in [0.3, 0.4) is 0 Å². The van der Waals surface area contributed by atoms with Crippen molar-refractivity contribution in [3.8, 4) is 0 Å². The average Bonchev–Trinajstić information content (AvgIpc) is 3.26. The van der Waals surface area contributed by atoms with E-state index in [1.165, 1.54) is 0 Å². The third kappa shape index (κ3) is 4.66. The molecule has 0 radical (unpaired) electrons. The zero-order valence-electron chi connectivity index (χ0n) is 11.5. The van der Waals surface area contributed by atoms with E-state index >= 15 is 0 Å². The Morgan fingerprint density at radius 2 is 1.65 bits per heavy atom. The molecule has 2 amide bonds. The molecule has 2 rings (SSSR count). The third-order valence-electron chi connectivity index (χ3n) is 3.24. The Morgan fingerprint density at radius 1 is 1.05 bits per heavy atom. The summed E-state index contributed by atoms with van der Waals surface area (Å²) in [6.07, 6.45) is 4.13. The molecule has 20 heavy (non-hydrogen) atoms. The number of carbonyl (C=O) groups is 2. The van der Waals surface area contributed by atoms with Crippen LogP contribution in [0, 0.1) is 5.92 Å². The summed E-state index contributed by atoms with van der Waals surface area (Å²) in [6.45, 7) is 0.614.